The summed E-state index contributed by atoms with van der Waals surface area (Å²) in [7, 11) is 1.26. The summed E-state index contributed by atoms with van der Waals surface area (Å²) in [6, 6.07) is 2.92. The van der Waals surface area contributed by atoms with Gasteiger partial charge < -0.3 is 35.5 Å². The Morgan fingerprint density at radius 2 is 1.97 bits per heavy atom. The number of benzene rings is 1. The van der Waals surface area contributed by atoms with Crippen LogP contribution in [0.15, 0.2) is 18.2 Å². The summed E-state index contributed by atoms with van der Waals surface area (Å²) >= 11 is 0. The van der Waals surface area contributed by atoms with E-state index in [1.165, 1.54) is 19.2 Å². The van der Waals surface area contributed by atoms with Gasteiger partial charge in [0.25, 0.3) is 0 Å². The van der Waals surface area contributed by atoms with Crippen molar-refractivity contribution < 1.29 is 32.6 Å². The van der Waals surface area contributed by atoms with E-state index in [1.807, 2.05) is 0 Å². The minimum Gasteiger partial charge on any atom is -0.453 e. The molecule has 1 aromatic rings. The number of alkyl carbamates (subject to hydrolysis) is 1. The molecule has 3 rings (SSSR count). The van der Waals surface area contributed by atoms with Crippen molar-refractivity contribution >= 4 is 12.1 Å². The van der Waals surface area contributed by atoms with Crippen molar-refractivity contribution in [3.8, 4) is 0 Å². The first-order valence-corrected chi connectivity index (χ1v) is 12.6. The fourth-order valence-electron chi connectivity index (χ4n) is 4.93. The normalized spacial score (nSPS) is 21.9. The van der Waals surface area contributed by atoms with Gasteiger partial charge in [0, 0.05) is 57.4 Å². The van der Waals surface area contributed by atoms with E-state index in [4.69, 9.17) is 15.2 Å². The number of methoxy groups -OCH3 is 1. The molecule has 0 aromatic heterocycles. The highest BCUT2D eigenvalue weighted by atomic mass is 19.1. The van der Waals surface area contributed by atoms with E-state index in [0.717, 1.165) is 44.8 Å². The second-order valence-corrected chi connectivity index (χ2v) is 9.53. The van der Waals surface area contributed by atoms with Gasteiger partial charge in [-0.1, -0.05) is 0 Å². The Hall–Kier alpha value is -2.50. The lowest BCUT2D eigenvalue weighted by Crippen LogP contribution is -2.49. The van der Waals surface area contributed by atoms with Crippen LogP contribution >= 0.6 is 0 Å². The highest BCUT2D eigenvalue weighted by Gasteiger charge is 2.32. The maximum absolute atomic E-state index is 14.0. The zero-order valence-electron chi connectivity index (χ0n) is 20.8. The van der Waals surface area contributed by atoms with E-state index in [1.54, 1.807) is 4.90 Å². The first-order chi connectivity index (χ1) is 17.4. The molecule has 0 spiro atoms. The van der Waals surface area contributed by atoms with Gasteiger partial charge in [0.05, 0.1) is 19.8 Å². The Morgan fingerprint density at radius 1 is 1.19 bits per heavy atom. The molecule has 3 amide bonds. The topological polar surface area (TPSA) is 115 Å². The summed E-state index contributed by atoms with van der Waals surface area (Å²) in [4.78, 5) is 25.9. The number of urea groups is 1. The van der Waals surface area contributed by atoms with E-state index in [9.17, 15) is 18.4 Å². The molecule has 2 heterocycles. The first-order valence-electron chi connectivity index (χ1n) is 12.6. The molecule has 2 saturated heterocycles. The number of likely N-dealkylation sites (tertiary alicyclic amines) is 1. The van der Waals surface area contributed by atoms with Crippen LogP contribution in [0.4, 0.5) is 18.4 Å². The van der Waals surface area contributed by atoms with Gasteiger partial charge in [-0.15, -0.1) is 0 Å². The molecule has 4 atom stereocenters. The lowest BCUT2D eigenvalue weighted by Gasteiger charge is -2.37. The van der Waals surface area contributed by atoms with Crippen LogP contribution in [-0.2, 0) is 14.2 Å². The smallest absolute Gasteiger partial charge is 0.406 e. The molecule has 2 fully saturated rings. The summed E-state index contributed by atoms with van der Waals surface area (Å²) < 4.78 is 44.0. The number of nitrogens with two attached hydrogens (primary N) is 1. The van der Waals surface area contributed by atoms with Crippen molar-refractivity contribution in [1.29, 1.82) is 0 Å². The molecule has 36 heavy (non-hydrogen) atoms. The second kappa shape index (κ2) is 14.3. The van der Waals surface area contributed by atoms with Gasteiger partial charge >= 0.3 is 12.1 Å². The number of nitrogens with one attached hydrogen (secondary N) is 2. The molecule has 2 aliphatic rings. The molecule has 0 radical (unpaired) electrons. The number of carbonyl (C=O) groups is 2. The summed E-state index contributed by atoms with van der Waals surface area (Å²) in [6.45, 7) is 3.10. The fraction of sp³-hybridized carbons (Fsp3) is 0.680. The van der Waals surface area contributed by atoms with Crippen molar-refractivity contribution in [3.63, 3.8) is 0 Å². The number of ether oxygens (including phenoxy) is 3. The van der Waals surface area contributed by atoms with Gasteiger partial charge in [-0.25, -0.2) is 18.4 Å². The average Bonchev–Trinajstić information content (AvgIpc) is 2.87. The lowest BCUT2D eigenvalue weighted by molar-refractivity contribution is -0.00882. The van der Waals surface area contributed by atoms with Crippen LogP contribution in [-0.4, -0.2) is 76.2 Å². The summed E-state index contributed by atoms with van der Waals surface area (Å²) in [5.74, 6) is -1.16. The Morgan fingerprint density at radius 3 is 2.67 bits per heavy atom. The molecule has 4 N–H and O–H groups in total. The Labute approximate surface area is 211 Å². The highest BCUT2D eigenvalue weighted by molar-refractivity contribution is 5.74. The Balaban J connectivity index is 1.57. The standard InChI is InChI=1S/C25H38F2N4O5/c1-34-25(33)29-6-9-36-23(19-11-20(26)13-21(27)12-19)18-5-2-7-31(15-18)24(32)30-14-22(28)10-17-4-3-8-35-16-17/h11-13,17-18,22-23H,2-10,14-16,28H2,1H3,(H,29,33)(H,30,32)/t17?,18?,22-,23-/m1/s1. The van der Waals surface area contributed by atoms with Crippen molar-refractivity contribution in [3.05, 3.63) is 35.4 Å². The molecule has 2 unspecified atom stereocenters. The average molecular weight is 513 g/mol. The monoisotopic (exact) mass is 512 g/mol. The maximum Gasteiger partial charge on any atom is 0.406 e. The lowest BCUT2D eigenvalue weighted by atomic mass is 9.88. The third-order valence-electron chi connectivity index (χ3n) is 6.65. The molecule has 0 bridgehead atoms. The van der Waals surface area contributed by atoms with Crippen LogP contribution in [0.3, 0.4) is 0 Å². The minimum absolute atomic E-state index is 0.111. The predicted octanol–water partition coefficient (Wildman–Crippen LogP) is 2.94. The second-order valence-electron chi connectivity index (χ2n) is 9.53. The number of rotatable bonds is 10. The van der Waals surface area contributed by atoms with E-state index in [-0.39, 0.29) is 31.1 Å². The Bertz CT molecular complexity index is 835. The molecule has 1 aromatic carbocycles. The number of carbonyl (C=O) groups excluding carboxylic acids is 2. The highest BCUT2D eigenvalue weighted by Crippen LogP contribution is 2.33. The van der Waals surface area contributed by atoms with Crippen LogP contribution in [0.5, 0.6) is 0 Å². The van der Waals surface area contributed by atoms with Crippen molar-refractivity contribution in [2.45, 2.75) is 44.2 Å². The minimum atomic E-state index is -0.700. The molecule has 0 aliphatic carbocycles. The summed E-state index contributed by atoms with van der Waals surface area (Å²) in [5, 5.41) is 5.45. The quantitative estimate of drug-likeness (QED) is 0.415. The Kier molecular flexibility index (Phi) is 11.1. The zero-order valence-corrected chi connectivity index (χ0v) is 20.8. The summed E-state index contributed by atoms with van der Waals surface area (Å²) in [5.41, 5.74) is 6.60. The number of nitrogens with zero attached hydrogens (tertiary/aromatic N) is 1. The third-order valence-corrected chi connectivity index (χ3v) is 6.65. The van der Waals surface area contributed by atoms with Crippen LogP contribution in [0.2, 0.25) is 0 Å². The number of halogens is 2. The number of piperidine rings is 1. The molecular formula is C25H38F2N4O5. The van der Waals surface area contributed by atoms with Crippen molar-refractivity contribution in [2.24, 2.45) is 17.6 Å². The van der Waals surface area contributed by atoms with Crippen LogP contribution in [0, 0.1) is 23.5 Å². The van der Waals surface area contributed by atoms with E-state index >= 15 is 0 Å². The van der Waals surface area contributed by atoms with Crippen LogP contribution in [0.25, 0.3) is 0 Å². The van der Waals surface area contributed by atoms with Gasteiger partial charge in [-0.05, 0) is 55.7 Å². The van der Waals surface area contributed by atoms with E-state index < -0.39 is 23.8 Å². The SMILES string of the molecule is COC(=O)NCCO[C@@H](c1cc(F)cc(F)c1)C1CCCN(C(=O)NC[C@H](N)CC2CCCOC2)C1. The maximum atomic E-state index is 14.0. The van der Waals surface area contributed by atoms with Gasteiger partial charge in [0.2, 0.25) is 0 Å². The van der Waals surface area contributed by atoms with Gasteiger partial charge in [-0.2, -0.15) is 0 Å². The molecule has 0 saturated carbocycles. The van der Waals surface area contributed by atoms with Crippen molar-refractivity contribution in [1.82, 2.24) is 15.5 Å². The van der Waals surface area contributed by atoms with Crippen LogP contribution in [0.1, 0.15) is 43.8 Å². The molecule has 2 aliphatic heterocycles. The number of amides is 3. The van der Waals surface area contributed by atoms with Gasteiger partial charge in [-0.3, -0.25) is 0 Å². The molecule has 202 valence electrons. The largest absolute Gasteiger partial charge is 0.453 e. The number of hydrogen-bond acceptors (Lipinski definition) is 6. The molecular weight excluding hydrogens is 474 g/mol. The van der Waals surface area contributed by atoms with Gasteiger partial charge in [0.15, 0.2) is 0 Å². The first kappa shape index (κ1) is 28.1. The van der Waals surface area contributed by atoms with Crippen LogP contribution < -0.4 is 16.4 Å². The molecule has 9 nitrogen and oxygen atoms in total. The molecule has 11 heteroatoms. The predicted molar refractivity (Wildman–Crippen MR) is 129 cm³/mol. The van der Waals surface area contributed by atoms with Crippen molar-refractivity contribution in [2.75, 3.05) is 53.1 Å². The fourth-order valence-corrected chi connectivity index (χ4v) is 4.93. The zero-order chi connectivity index (χ0) is 25.9. The van der Waals surface area contributed by atoms with E-state index in [2.05, 4.69) is 15.4 Å². The number of hydrogen-bond donors (Lipinski definition) is 3. The summed E-state index contributed by atoms with van der Waals surface area (Å²) in [6.07, 6.45) is 3.12. The van der Waals surface area contributed by atoms with Gasteiger partial charge in [0.1, 0.15) is 11.6 Å². The van der Waals surface area contributed by atoms with E-state index in [0.29, 0.717) is 37.7 Å². The third kappa shape index (κ3) is 8.86.